The van der Waals surface area contributed by atoms with Crippen LogP contribution in [-0.2, 0) is 13.8 Å². The number of hydrogen-bond acceptors (Lipinski definition) is 13. The Bertz CT molecular complexity index is 274. The Morgan fingerprint density at radius 2 is 1.08 bits per heavy atom. The molecule has 0 fully saturated rings. The summed E-state index contributed by atoms with van der Waals surface area (Å²) < 4.78 is 13.6. The summed E-state index contributed by atoms with van der Waals surface area (Å²) in [7, 11) is -5.22. The Morgan fingerprint density at radius 3 is 1.25 bits per heavy atom. The Morgan fingerprint density at radius 1 is 0.750 bits per heavy atom. The van der Waals surface area contributed by atoms with Gasteiger partial charge in [-0.05, 0) is 0 Å². The molecular weight excluding hydrogens is 374 g/mol. The summed E-state index contributed by atoms with van der Waals surface area (Å²) in [5, 5.41) is 37.8. The number of ether oxygens (including phenoxy) is 2. The monoisotopic (exact) mass is 400 g/mol. The van der Waals surface area contributed by atoms with Gasteiger partial charge in [0.15, 0.2) is 0 Å². The van der Waals surface area contributed by atoms with Crippen LogP contribution in [0.5, 0.6) is 0 Å². The van der Waals surface area contributed by atoms with Crippen molar-refractivity contribution >= 4 is 17.2 Å². The van der Waals surface area contributed by atoms with Crippen LogP contribution in [0.25, 0.3) is 0 Å². The summed E-state index contributed by atoms with van der Waals surface area (Å²) in [5.41, 5.74) is 8.70. The molecule has 0 aliphatic heterocycles. The van der Waals surface area contributed by atoms with E-state index in [1.807, 2.05) is 0 Å². The smallest absolute Gasteiger partial charge is 0.334 e. The molecule has 12 N–H and O–H groups in total. The van der Waals surface area contributed by atoms with Crippen LogP contribution in [0.2, 0.25) is 0 Å². The van der Waals surface area contributed by atoms with Crippen molar-refractivity contribution in [3.05, 3.63) is 0 Å². The molecule has 148 valence electrons. The molecule has 0 aromatic carbocycles. The Balaban J connectivity index is 0. The van der Waals surface area contributed by atoms with Crippen molar-refractivity contribution in [3.63, 3.8) is 0 Å². The van der Waals surface area contributed by atoms with E-state index in [4.69, 9.17) is 40.5 Å². The first-order valence-electron chi connectivity index (χ1n) is 6.45. The summed E-state index contributed by atoms with van der Waals surface area (Å²) in [6.45, 7) is -2.12. The zero-order valence-corrected chi connectivity index (χ0v) is 14.6. The van der Waals surface area contributed by atoms with E-state index in [1.165, 1.54) is 0 Å². The van der Waals surface area contributed by atoms with E-state index in [2.05, 4.69) is 4.31 Å². The van der Waals surface area contributed by atoms with Gasteiger partial charge in [-0.2, -0.15) is 0 Å². The molecule has 0 saturated heterocycles. The molecular formula is C9H26N2O11P2. The van der Waals surface area contributed by atoms with Gasteiger partial charge in [-0.1, -0.05) is 0 Å². The van der Waals surface area contributed by atoms with E-state index in [-0.39, 0.29) is 26.3 Å². The van der Waals surface area contributed by atoms with Crippen LogP contribution in [-0.4, -0.2) is 92.1 Å². The highest BCUT2D eigenvalue weighted by Crippen LogP contribution is 2.41. The number of hydrogen-bond donors (Lipinski definition) is 10. The van der Waals surface area contributed by atoms with Crippen molar-refractivity contribution in [1.29, 1.82) is 0 Å². The van der Waals surface area contributed by atoms with Crippen LogP contribution in [0, 0.1) is 5.41 Å². The van der Waals surface area contributed by atoms with Crippen molar-refractivity contribution in [2.75, 3.05) is 46.1 Å². The van der Waals surface area contributed by atoms with Gasteiger partial charge in [-0.15, -0.1) is 0 Å². The minimum Gasteiger partial charge on any atom is -0.395 e. The molecule has 0 aromatic rings. The zero-order chi connectivity index (χ0) is 19.2. The minimum atomic E-state index is -2.61. The highest BCUT2D eigenvalue weighted by atomic mass is 31.2. The standard InChI is InChI=1S/C9H22N2O6.H4O5P2/c10-1-3-16-9(15,17-4-2-11)8(5-12,6-13)7-14;1-6(2)5-7(3)4/h12-15H,1-7,10-11H2;1-4H. The highest BCUT2D eigenvalue weighted by molar-refractivity contribution is 7.53. The van der Waals surface area contributed by atoms with Gasteiger partial charge in [0.1, 0.15) is 5.41 Å². The molecule has 24 heavy (non-hydrogen) atoms. The second kappa shape index (κ2) is 14.5. The van der Waals surface area contributed by atoms with Crippen LogP contribution in [0.3, 0.4) is 0 Å². The summed E-state index contributed by atoms with van der Waals surface area (Å²) in [6, 6.07) is 0. The molecule has 0 heterocycles. The van der Waals surface area contributed by atoms with Gasteiger partial charge in [-0.25, -0.2) is 4.31 Å². The third-order valence-electron chi connectivity index (χ3n) is 2.56. The SMILES string of the molecule is NCCOC(O)(OCCN)C(CO)(CO)CO.OP(O)OP(O)O. The maximum Gasteiger partial charge on any atom is 0.334 e. The van der Waals surface area contributed by atoms with Gasteiger partial charge >= 0.3 is 17.2 Å². The van der Waals surface area contributed by atoms with Crippen molar-refractivity contribution in [3.8, 4) is 0 Å². The van der Waals surface area contributed by atoms with Crippen LogP contribution in [0.15, 0.2) is 0 Å². The second-order valence-corrected chi connectivity index (χ2v) is 5.86. The van der Waals surface area contributed by atoms with Gasteiger partial charge in [0.2, 0.25) is 0 Å². The normalized spacial score (nSPS) is 12.5. The predicted octanol–water partition coefficient (Wildman–Crippen LogP) is -4.03. The number of nitrogens with two attached hydrogens (primary N) is 2. The fourth-order valence-corrected chi connectivity index (χ4v) is 1.78. The molecule has 15 heteroatoms. The van der Waals surface area contributed by atoms with Crippen molar-refractivity contribution in [2.45, 2.75) is 5.97 Å². The van der Waals surface area contributed by atoms with Gasteiger partial charge in [0, 0.05) is 13.1 Å². The first kappa shape index (κ1) is 26.6. The van der Waals surface area contributed by atoms with E-state index in [0.29, 0.717) is 0 Å². The van der Waals surface area contributed by atoms with Crippen molar-refractivity contribution < 1.29 is 53.8 Å². The minimum absolute atomic E-state index is 0.0666. The first-order valence-corrected chi connectivity index (χ1v) is 8.78. The van der Waals surface area contributed by atoms with Crippen molar-refractivity contribution in [2.24, 2.45) is 16.9 Å². The second-order valence-electron chi connectivity index (χ2n) is 4.20. The zero-order valence-electron chi connectivity index (χ0n) is 12.8. The lowest BCUT2D eigenvalue weighted by molar-refractivity contribution is -0.424. The molecule has 0 aromatic heterocycles. The molecule has 0 aliphatic rings. The topological polar surface area (TPSA) is 242 Å². The van der Waals surface area contributed by atoms with E-state index in [0.717, 1.165) is 0 Å². The highest BCUT2D eigenvalue weighted by Gasteiger charge is 2.53. The number of rotatable bonds is 12. The molecule has 0 rings (SSSR count). The molecule has 0 saturated carbocycles. The lowest BCUT2D eigenvalue weighted by Gasteiger charge is -2.42. The molecule has 0 unspecified atom stereocenters. The summed E-state index contributed by atoms with van der Waals surface area (Å²) in [5.74, 6) is -2.34. The quantitative estimate of drug-likeness (QED) is 0.111. The molecule has 0 amide bonds. The fraction of sp³-hybridized carbons (Fsp3) is 1.00. The molecule has 0 atom stereocenters. The molecule has 0 aliphatic carbocycles. The summed E-state index contributed by atoms with van der Waals surface area (Å²) >= 11 is 0. The van der Waals surface area contributed by atoms with E-state index < -0.39 is 48.4 Å². The Kier molecular flexibility index (Phi) is 16.1. The van der Waals surface area contributed by atoms with Crippen LogP contribution in [0.4, 0.5) is 0 Å². The summed E-state index contributed by atoms with van der Waals surface area (Å²) in [4.78, 5) is 31.3. The molecule has 0 radical (unpaired) electrons. The van der Waals surface area contributed by atoms with Gasteiger partial charge < -0.3 is 60.9 Å². The Labute approximate surface area is 141 Å². The molecule has 13 nitrogen and oxygen atoms in total. The van der Waals surface area contributed by atoms with E-state index in [9.17, 15) is 20.4 Å². The van der Waals surface area contributed by atoms with Gasteiger partial charge in [0.25, 0.3) is 5.97 Å². The van der Waals surface area contributed by atoms with Crippen LogP contribution in [0.1, 0.15) is 0 Å². The predicted molar refractivity (Wildman–Crippen MR) is 82.5 cm³/mol. The third kappa shape index (κ3) is 9.73. The maximum absolute atomic E-state index is 10.1. The third-order valence-corrected chi connectivity index (χ3v) is 3.72. The van der Waals surface area contributed by atoms with Gasteiger partial charge in [-0.3, -0.25) is 0 Å². The first-order chi connectivity index (χ1) is 11.2. The largest absolute Gasteiger partial charge is 0.395 e. The average molecular weight is 400 g/mol. The Hall–Kier alpha value is 0.340. The van der Waals surface area contributed by atoms with Gasteiger partial charge in [0.05, 0.1) is 33.0 Å². The van der Waals surface area contributed by atoms with Crippen LogP contribution < -0.4 is 11.5 Å². The summed E-state index contributed by atoms with van der Waals surface area (Å²) in [6.07, 6.45) is 0. The number of aliphatic hydroxyl groups excluding tert-OH is 3. The van der Waals surface area contributed by atoms with Crippen LogP contribution >= 0.6 is 17.2 Å². The van der Waals surface area contributed by atoms with E-state index >= 15 is 0 Å². The average Bonchev–Trinajstić information content (AvgIpc) is 2.52. The fourth-order valence-electron chi connectivity index (χ4n) is 1.26. The molecule has 0 bridgehead atoms. The number of aliphatic hydroxyl groups is 4. The van der Waals surface area contributed by atoms with E-state index in [1.54, 1.807) is 0 Å². The lowest BCUT2D eigenvalue weighted by atomic mass is 9.87. The van der Waals surface area contributed by atoms with Crippen molar-refractivity contribution in [1.82, 2.24) is 0 Å². The molecule has 0 spiro atoms. The lowest BCUT2D eigenvalue weighted by Crippen LogP contribution is -2.59. The maximum atomic E-state index is 10.1.